The average Bonchev–Trinajstić information content (AvgIpc) is 2.41. The summed E-state index contributed by atoms with van der Waals surface area (Å²) in [6.07, 6.45) is 1.17. The third kappa shape index (κ3) is 3.55. The molecular weight excluding hydrogens is 272 g/mol. The molecule has 1 aromatic carbocycles. The van der Waals surface area contributed by atoms with Gasteiger partial charge in [0.05, 0.1) is 17.0 Å². The highest BCUT2D eigenvalue weighted by molar-refractivity contribution is 7.80. The summed E-state index contributed by atoms with van der Waals surface area (Å²) in [5.41, 5.74) is 6.72. The number of thiocarbonyl (C=S) groups is 1. The molecule has 0 atom stereocenters. The van der Waals surface area contributed by atoms with Gasteiger partial charge in [0, 0.05) is 12.8 Å². The van der Waals surface area contributed by atoms with Gasteiger partial charge in [-0.25, -0.2) is 0 Å². The molecule has 0 aliphatic carbocycles. The third-order valence-corrected chi connectivity index (χ3v) is 4.00. The highest BCUT2D eigenvalue weighted by Crippen LogP contribution is 2.29. The van der Waals surface area contributed by atoms with E-state index in [-0.39, 0.29) is 10.9 Å². The summed E-state index contributed by atoms with van der Waals surface area (Å²) in [4.78, 5) is 12.7. The van der Waals surface area contributed by atoms with Crippen LogP contribution in [0.1, 0.15) is 32.3 Å². The molecule has 0 aromatic heterocycles. The van der Waals surface area contributed by atoms with Gasteiger partial charge in [0.15, 0.2) is 0 Å². The second-order valence-corrected chi connectivity index (χ2v) is 5.18. The molecule has 0 aliphatic heterocycles. The Bertz CT molecular complexity index is 485. The first-order valence-electron chi connectivity index (χ1n) is 6.69. The Morgan fingerprint density at radius 2 is 2.05 bits per heavy atom. The molecule has 20 heavy (non-hydrogen) atoms. The van der Waals surface area contributed by atoms with E-state index in [1.165, 1.54) is 0 Å². The third-order valence-electron chi connectivity index (χ3n) is 3.61. The maximum absolute atomic E-state index is 12.5. The van der Waals surface area contributed by atoms with E-state index in [1.807, 2.05) is 38.1 Å². The largest absolute Gasteiger partial charge is 0.392 e. The van der Waals surface area contributed by atoms with Crippen LogP contribution in [0.3, 0.4) is 0 Å². The molecule has 1 rings (SSSR count). The van der Waals surface area contributed by atoms with Gasteiger partial charge in [-0.1, -0.05) is 38.2 Å². The van der Waals surface area contributed by atoms with Gasteiger partial charge < -0.3 is 15.8 Å². The van der Waals surface area contributed by atoms with Crippen molar-refractivity contribution < 1.29 is 9.53 Å². The number of carbonyl (C=O) groups excluding carboxylic acids is 1. The van der Waals surface area contributed by atoms with Crippen molar-refractivity contribution in [3.8, 4) is 0 Å². The van der Waals surface area contributed by atoms with Crippen LogP contribution in [0.2, 0.25) is 0 Å². The monoisotopic (exact) mass is 294 g/mol. The van der Waals surface area contributed by atoms with Gasteiger partial charge in [0.25, 0.3) is 0 Å². The van der Waals surface area contributed by atoms with Gasteiger partial charge in [-0.3, -0.25) is 4.79 Å². The number of hydrogen-bond acceptors (Lipinski definition) is 3. The lowest BCUT2D eigenvalue weighted by atomic mass is 9.81. The minimum Gasteiger partial charge on any atom is -0.392 e. The number of nitrogens with two attached hydrogens (primary N) is 1. The first-order chi connectivity index (χ1) is 9.50. The number of hydrogen-bond donors (Lipinski definition) is 2. The fraction of sp³-hybridized carbons (Fsp3) is 0.467. The van der Waals surface area contributed by atoms with Crippen molar-refractivity contribution in [3.63, 3.8) is 0 Å². The molecule has 0 saturated heterocycles. The van der Waals surface area contributed by atoms with E-state index in [0.717, 1.165) is 11.3 Å². The molecule has 0 spiro atoms. The second-order valence-electron chi connectivity index (χ2n) is 4.74. The van der Waals surface area contributed by atoms with E-state index in [4.69, 9.17) is 22.7 Å². The van der Waals surface area contributed by atoms with Crippen LogP contribution in [0.15, 0.2) is 24.3 Å². The smallest absolute Gasteiger partial charge is 0.237 e. The normalized spacial score (nSPS) is 11.2. The van der Waals surface area contributed by atoms with Gasteiger partial charge in [-0.15, -0.1) is 0 Å². The fourth-order valence-electron chi connectivity index (χ4n) is 2.19. The summed E-state index contributed by atoms with van der Waals surface area (Å²) in [6.45, 7) is 4.35. The zero-order valence-electron chi connectivity index (χ0n) is 12.2. The molecular formula is C15H22N2O2S. The van der Waals surface area contributed by atoms with Crippen LogP contribution in [0.25, 0.3) is 0 Å². The van der Waals surface area contributed by atoms with Crippen LogP contribution < -0.4 is 11.1 Å². The molecule has 0 radical (unpaired) electrons. The predicted molar refractivity (Wildman–Crippen MR) is 85.6 cm³/mol. The van der Waals surface area contributed by atoms with Crippen LogP contribution in [0, 0.1) is 5.41 Å². The number of anilines is 1. The Balaban J connectivity index is 2.94. The van der Waals surface area contributed by atoms with Crippen molar-refractivity contribution in [2.75, 3.05) is 12.4 Å². The van der Waals surface area contributed by atoms with Crippen LogP contribution >= 0.6 is 12.2 Å². The van der Waals surface area contributed by atoms with E-state index in [2.05, 4.69) is 5.32 Å². The van der Waals surface area contributed by atoms with E-state index in [9.17, 15) is 4.79 Å². The topological polar surface area (TPSA) is 64.3 Å². The first kappa shape index (κ1) is 16.6. The zero-order chi connectivity index (χ0) is 15.2. The lowest BCUT2D eigenvalue weighted by Crippen LogP contribution is -2.45. The number of nitrogens with one attached hydrogen (secondary N) is 1. The number of rotatable bonds is 7. The van der Waals surface area contributed by atoms with Crippen molar-refractivity contribution >= 4 is 28.8 Å². The Morgan fingerprint density at radius 1 is 1.40 bits per heavy atom. The number of ether oxygens (including phenoxy) is 1. The molecule has 0 saturated carbocycles. The summed E-state index contributed by atoms with van der Waals surface area (Å²) in [7, 11) is 1.64. The predicted octanol–water partition coefficient (Wildman–Crippen LogP) is 2.86. The van der Waals surface area contributed by atoms with E-state index < -0.39 is 5.41 Å². The first-order valence-corrected chi connectivity index (χ1v) is 7.10. The molecule has 0 fully saturated rings. The zero-order valence-corrected chi connectivity index (χ0v) is 13.0. The molecule has 5 heteroatoms. The number of amides is 1. The van der Waals surface area contributed by atoms with E-state index >= 15 is 0 Å². The highest BCUT2D eigenvalue weighted by atomic mass is 32.1. The molecule has 0 aliphatic rings. The van der Waals surface area contributed by atoms with Crippen molar-refractivity contribution in [1.82, 2.24) is 0 Å². The maximum Gasteiger partial charge on any atom is 0.237 e. The number of benzene rings is 1. The Hall–Kier alpha value is -1.46. The standard InChI is InChI=1S/C15H22N2O2S/c1-4-15(5-2,13(16)20)14(18)17-12-8-6-7-11(9-12)10-19-3/h6-9H,4-5,10H2,1-3H3,(H2,16,20)(H,17,18). The Morgan fingerprint density at radius 3 is 2.55 bits per heavy atom. The van der Waals surface area contributed by atoms with E-state index in [0.29, 0.717) is 19.4 Å². The van der Waals surface area contributed by atoms with Crippen molar-refractivity contribution in [1.29, 1.82) is 0 Å². The minimum atomic E-state index is -0.785. The average molecular weight is 294 g/mol. The summed E-state index contributed by atoms with van der Waals surface area (Å²) in [5.74, 6) is -0.149. The maximum atomic E-state index is 12.5. The highest BCUT2D eigenvalue weighted by Gasteiger charge is 2.38. The van der Waals surface area contributed by atoms with Crippen molar-refractivity contribution in [2.45, 2.75) is 33.3 Å². The summed E-state index contributed by atoms with van der Waals surface area (Å²) in [5, 5.41) is 2.90. The Labute approximate surface area is 125 Å². The van der Waals surface area contributed by atoms with Gasteiger partial charge in [0.2, 0.25) is 5.91 Å². The lowest BCUT2D eigenvalue weighted by molar-refractivity contribution is -0.122. The molecule has 1 amide bonds. The summed E-state index contributed by atoms with van der Waals surface area (Å²) < 4.78 is 5.08. The Kier molecular flexibility index (Phi) is 6.10. The van der Waals surface area contributed by atoms with Crippen LogP contribution in [-0.2, 0) is 16.1 Å². The summed E-state index contributed by atoms with van der Waals surface area (Å²) in [6, 6.07) is 7.55. The fourth-order valence-corrected chi connectivity index (χ4v) is 2.57. The van der Waals surface area contributed by atoms with Crippen LogP contribution in [0.5, 0.6) is 0 Å². The van der Waals surface area contributed by atoms with Gasteiger partial charge in [-0.05, 0) is 30.5 Å². The quantitative estimate of drug-likeness (QED) is 0.759. The summed E-state index contributed by atoms with van der Waals surface area (Å²) >= 11 is 5.08. The van der Waals surface area contributed by atoms with Crippen molar-refractivity contribution in [3.05, 3.63) is 29.8 Å². The molecule has 110 valence electrons. The molecule has 3 N–H and O–H groups in total. The minimum absolute atomic E-state index is 0.149. The number of carbonyl (C=O) groups is 1. The van der Waals surface area contributed by atoms with Crippen LogP contribution in [0.4, 0.5) is 5.69 Å². The van der Waals surface area contributed by atoms with Crippen molar-refractivity contribution in [2.24, 2.45) is 11.1 Å². The molecule has 4 nitrogen and oxygen atoms in total. The lowest BCUT2D eigenvalue weighted by Gasteiger charge is -2.29. The van der Waals surface area contributed by atoms with Gasteiger partial charge in [0.1, 0.15) is 0 Å². The molecule has 0 heterocycles. The molecule has 1 aromatic rings. The molecule has 0 unspecified atom stereocenters. The number of methoxy groups -OCH3 is 1. The second kappa shape index (κ2) is 7.36. The van der Waals surface area contributed by atoms with Gasteiger partial charge >= 0.3 is 0 Å². The van der Waals surface area contributed by atoms with E-state index in [1.54, 1.807) is 7.11 Å². The molecule has 0 bridgehead atoms. The SMILES string of the molecule is CCC(CC)(C(=O)Nc1cccc(COC)c1)C(N)=S. The van der Waals surface area contributed by atoms with Gasteiger partial charge in [-0.2, -0.15) is 0 Å². The van der Waals surface area contributed by atoms with Crippen LogP contribution in [-0.4, -0.2) is 18.0 Å².